The fourth-order valence-electron chi connectivity index (χ4n) is 3.63. The highest BCUT2D eigenvalue weighted by atomic mass is 16.7. The van der Waals surface area contributed by atoms with Gasteiger partial charge in [0.2, 0.25) is 6.79 Å². The molecule has 136 valence electrons. The lowest BCUT2D eigenvalue weighted by Crippen LogP contribution is -2.33. The van der Waals surface area contributed by atoms with Gasteiger partial charge >= 0.3 is 0 Å². The smallest absolute Gasteiger partial charge is 0.255 e. The number of hydrogen-bond donors (Lipinski definition) is 1. The first kappa shape index (κ1) is 16.9. The average molecular weight is 352 g/mol. The van der Waals surface area contributed by atoms with Crippen molar-refractivity contribution in [1.29, 1.82) is 0 Å². The van der Waals surface area contributed by atoms with Gasteiger partial charge in [0.25, 0.3) is 5.91 Å². The maximum absolute atomic E-state index is 12.5. The van der Waals surface area contributed by atoms with Crippen LogP contribution in [0.25, 0.3) is 0 Å². The summed E-state index contributed by atoms with van der Waals surface area (Å²) in [6, 6.07) is 13.3. The fourth-order valence-corrected chi connectivity index (χ4v) is 3.63. The third kappa shape index (κ3) is 3.83. The number of carbonyl (C=O) groups is 1. The zero-order chi connectivity index (χ0) is 17.9. The molecule has 1 amide bonds. The van der Waals surface area contributed by atoms with E-state index in [0.717, 1.165) is 25.6 Å². The van der Waals surface area contributed by atoms with Gasteiger partial charge in [0.1, 0.15) is 0 Å². The van der Waals surface area contributed by atoms with Gasteiger partial charge in [-0.3, -0.25) is 9.69 Å². The Labute approximate surface area is 153 Å². The second-order valence-corrected chi connectivity index (χ2v) is 7.20. The molecule has 2 aromatic rings. The van der Waals surface area contributed by atoms with Gasteiger partial charge < -0.3 is 14.8 Å². The largest absolute Gasteiger partial charge is 0.454 e. The molecule has 0 unspecified atom stereocenters. The lowest BCUT2D eigenvalue weighted by Gasteiger charge is -2.30. The Bertz CT molecular complexity index is 788. The zero-order valence-corrected chi connectivity index (χ0v) is 15.0. The highest BCUT2D eigenvalue weighted by Crippen LogP contribution is 2.34. The van der Waals surface area contributed by atoms with Crippen molar-refractivity contribution in [1.82, 2.24) is 4.90 Å². The maximum Gasteiger partial charge on any atom is 0.255 e. The second-order valence-electron chi connectivity index (χ2n) is 7.20. The molecule has 26 heavy (non-hydrogen) atoms. The van der Waals surface area contributed by atoms with Gasteiger partial charge in [0, 0.05) is 30.4 Å². The third-order valence-electron chi connectivity index (χ3n) is 4.99. The number of likely N-dealkylation sites (tertiary alicyclic amines) is 1. The van der Waals surface area contributed by atoms with Gasteiger partial charge in [-0.2, -0.15) is 0 Å². The number of ether oxygens (including phenoxy) is 2. The summed E-state index contributed by atoms with van der Waals surface area (Å²) in [5, 5.41) is 2.91. The first-order valence-corrected chi connectivity index (χ1v) is 9.20. The number of hydrogen-bond acceptors (Lipinski definition) is 4. The second kappa shape index (κ2) is 7.38. The summed E-state index contributed by atoms with van der Waals surface area (Å²) >= 11 is 0. The fraction of sp³-hybridized carbons (Fsp3) is 0.381. The van der Waals surface area contributed by atoms with Gasteiger partial charge in [-0.25, -0.2) is 0 Å². The molecule has 5 nitrogen and oxygen atoms in total. The first-order chi connectivity index (χ1) is 12.7. The Balaban J connectivity index is 1.37. The van der Waals surface area contributed by atoms with E-state index >= 15 is 0 Å². The van der Waals surface area contributed by atoms with Crippen LogP contribution in [0.1, 0.15) is 35.7 Å². The van der Waals surface area contributed by atoms with Crippen LogP contribution in [0.4, 0.5) is 5.69 Å². The van der Waals surface area contributed by atoms with Crippen LogP contribution in [-0.2, 0) is 6.54 Å². The molecule has 2 aliphatic rings. The van der Waals surface area contributed by atoms with Crippen molar-refractivity contribution >= 4 is 11.6 Å². The molecule has 2 aliphatic heterocycles. The molecule has 0 aromatic heterocycles. The Morgan fingerprint density at radius 2 is 1.96 bits per heavy atom. The summed E-state index contributed by atoms with van der Waals surface area (Å²) in [7, 11) is 0. The van der Waals surface area contributed by atoms with Gasteiger partial charge in [0.15, 0.2) is 11.5 Å². The molecule has 1 atom stereocenters. The molecule has 4 rings (SSSR count). The van der Waals surface area contributed by atoms with Crippen molar-refractivity contribution in [2.75, 3.05) is 25.2 Å². The normalized spacial score (nSPS) is 19.3. The molecular formula is C21H24N2O3. The molecule has 0 saturated carbocycles. The minimum absolute atomic E-state index is 0.123. The zero-order valence-electron chi connectivity index (χ0n) is 15.0. The topological polar surface area (TPSA) is 50.8 Å². The number of fused-ring (bicyclic) bond motifs is 1. The molecule has 2 heterocycles. The molecule has 1 N–H and O–H groups in total. The quantitative estimate of drug-likeness (QED) is 0.907. The highest BCUT2D eigenvalue weighted by molar-refractivity contribution is 6.04. The van der Waals surface area contributed by atoms with E-state index in [9.17, 15) is 4.79 Å². The Morgan fingerprint density at radius 1 is 1.15 bits per heavy atom. The van der Waals surface area contributed by atoms with Gasteiger partial charge in [-0.05, 0) is 55.1 Å². The predicted octanol–water partition coefficient (Wildman–Crippen LogP) is 3.90. The van der Waals surface area contributed by atoms with Crippen LogP contribution in [0.15, 0.2) is 42.5 Å². The summed E-state index contributed by atoms with van der Waals surface area (Å²) in [4.78, 5) is 15.0. The van der Waals surface area contributed by atoms with Crippen molar-refractivity contribution in [3.8, 4) is 11.5 Å². The summed E-state index contributed by atoms with van der Waals surface area (Å²) in [6.07, 6.45) is 2.60. The molecule has 0 spiro atoms. The van der Waals surface area contributed by atoms with E-state index in [2.05, 4.69) is 17.1 Å². The lowest BCUT2D eigenvalue weighted by atomic mass is 9.99. The predicted molar refractivity (Wildman–Crippen MR) is 101 cm³/mol. The van der Waals surface area contributed by atoms with Crippen molar-refractivity contribution in [2.24, 2.45) is 5.92 Å². The number of nitrogens with one attached hydrogen (secondary N) is 1. The molecule has 0 bridgehead atoms. The van der Waals surface area contributed by atoms with Crippen molar-refractivity contribution < 1.29 is 14.3 Å². The summed E-state index contributed by atoms with van der Waals surface area (Å²) in [5.41, 5.74) is 2.60. The van der Waals surface area contributed by atoms with Crippen LogP contribution in [0, 0.1) is 5.92 Å². The molecule has 0 aliphatic carbocycles. The van der Waals surface area contributed by atoms with Crippen molar-refractivity contribution in [3.63, 3.8) is 0 Å². The Hall–Kier alpha value is -2.53. The first-order valence-electron chi connectivity index (χ1n) is 9.20. The number of carbonyl (C=O) groups excluding carboxylic acids is 1. The molecule has 2 aromatic carbocycles. The van der Waals surface area contributed by atoms with E-state index in [1.807, 2.05) is 30.3 Å². The third-order valence-corrected chi connectivity index (χ3v) is 4.99. The number of amides is 1. The monoisotopic (exact) mass is 352 g/mol. The van der Waals surface area contributed by atoms with Gasteiger partial charge in [-0.15, -0.1) is 0 Å². The van der Waals surface area contributed by atoms with E-state index in [1.165, 1.54) is 18.4 Å². The molecule has 1 fully saturated rings. The molecule has 1 saturated heterocycles. The summed E-state index contributed by atoms with van der Waals surface area (Å²) < 4.78 is 10.6. The van der Waals surface area contributed by atoms with E-state index in [-0.39, 0.29) is 12.7 Å². The van der Waals surface area contributed by atoms with E-state index in [1.54, 1.807) is 12.1 Å². The van der Waals surface area contributed by atoms with Gasteiger partial charge in [0.05, 0.1) is 0 Å². The van der Waals surface area contributed by atoms with E-state index < -0.39 is 0 Å². The standard InChI is InChI=1S/C21H24N2O3/c1-15-3-2-10-23(12-15)13-16-4-6-17(7-5-16)21(24)22-18-8-9-19-20(11-18)26-14-25-19/h4-9,11,15H,2-3,10,12-14H2,1H3,(H,22,24)/t15-/m1/s1. The van der Waals surface area contributed by atoms with Crippen molar-refractivity contribution in [3.05, 3.63) is 53.6 Å². The van der Waals surface area contributed by atoms with Crippen LogP contribution >= 0.6 is 0 Å². The van der Waals surface area contributed by atoms with Crippen LogP contribution in [-0.4, -0.2) is 30.7 Å². The number of piperidine rings is 1. The Morgan fingerprint density at radius 3 is 2.77 bits per heavy atom. The van der Waals surface area contributed by atoms with Gasteiger partial charge in [-0.1, -0.05) is 19.1 Å². The minimum atomic E-state index is -0.123. The molecular weight excluding hydrogens is 328 g/mol. The SMILES string of the molecule is C[C@@H]1CCCN(Cc2ccc(C(=O)Nc3ccc4c(c3)OCO4)cc2)C1. The van der Waals surface area contributed by atoms with Crippen LogP contribution in [0.2, 0.25) is 0 Å². The average Bonchev–Trinajstić information content (AvgIpc) is 3.10. The molecule has 5 heteroatoms. The van der Waals surface area contributed by atoms with E-state index in [0.29, 0.717) is 22.7 Å². The van der Waals surface area contributed by atoms with Crippen LogP contribution in [0.5, 0.6) is 11.5 Å². The number of anilines is 1. The number of nitrogens with zero attached hydrogens (tertiary/aromatic N) is 1. The number of rotatable bonds is 4. The highest BCUT2D eigenvalue weighted by Gasteiger charge is 2.17. The Kier molecular flexibility index (Phi) is 4.80. The lowest BCUT2D eigenvalue weighted by molar-refractivity contribution is 0.102. The van der Waals surface area contributed by atoms with E-state index in [4.69, 9.17) is 9.47 Å². The maximum atomic E-state index is 12.5. The minimum Gasteiger partial charge on any atom is -0.454 e. The molecule has 0 radical (unpaired) electrons. The number of benzene rings is 2. The van der Waals surface area contributed by atoms with Crippen LogP contribution in [0.3, 0.4) is 0 Å². The summed E-state index contributed by atoms with van der Waals surface area (Å²) in [5.74, 6) is 2.02. The van der Waals surface area contributed by atoms with Crippen LogP contribution < -0.4 is 14.8 Å². The summed E-state index contributed by atoms with van der Waals surface area (Å²) in [6.45, 7) is 5.82. The van der Waals surface area contributed by atoms with Crippen molar-refractivity contribution in [2.45, 2.75) is 26.3 Å².